The first kappa shape index (κ1) is 18.9. The van der Waals surface area contributed by atoms with Gasteiger partial charge in [-0.2, -0.15) is 13.2 Å². The Kier molecular flexibility index (Phi) is 6.73. The minimum absolute atomic E-state index is 0. The number of halogens is 6. The normalized spacial score (nSPS) is 12.6. The summed E-state index contributed by atoms with van der Waals surface area (Å²) in [6, 6.07) is -0.0887. The fraction of sp³-hybridized carbons (Fsp3) is 0.364. The van der Waals surface area contributed by atoms with Crippen LogP contribution in [-0.4, -0.2) is 13.1 Å². The first-order chi connectivity index (χ1) is 8.68. The van der Waals surface area contributed by atoms with Crippen molar-refractivity contribution >= 4 is 30.0 Å². The molecule has 0 saturated heterocycles. The number of carbonyl (C=O) groups excluding carboxylic acids is 1. The average molecular weight is 336 g/mol. The predicted molar refractivity (Wildman–Crippen MR) is 67.2 cm³/mol. The van der Waals surface area contributed by atoms with Gasteiger partial charge in [-0.1, -0.05) is 11.6 Å². The first-order valence-corrected chi connectivity index (χ1v) is 5.43. The second-order valence-corrected chi connectivity index (χ2v) is 4.11. The molecule has 0 spiro atoms. The Balaban J connectivity index is 0.00000361. The van der Waals surface area contributed by atoms with E-state index in [1.54, 1.807) is 0 Å². The van der Waals surface area contributed by atoms with Gasteiger partial charge < -0.3 is 10.5 Å². The molecule has 1 rings (SSSR count). The maximum absolute atomic E-state index is 13.7. The number of rotatable bonds is 3. The Morgan fingerprint density at radius 2 is 2.00 bits per heavy atom. The summed E-state index contributed by atoms with van der Waals surface area (Å²) in [4.78, 5) is 11.0. The number of methoxy groups -OCH3 is 1. The van der Waals surface area contributed by atoms with Crippen LogP contribution in [0.4, 0.5) is 17.6 Å². The summed E-state index contributed by atoms with van der Waals surface area (Å²) in [6.07, 6.45) is -5.38. The summed E-state index contributed by atoms with van der Waals surface area (Å²) in [5.41, 5.74) is 3.34. The van der Waals surface area contributed by atoms with Gasteiger partial charge in [0.05, 0.1) is 24.1 Å². The molecule has 0 amide bonds. The van der Waals surface area contributed by atoms with Crippen LogP contribution in [0.15, 0.2) is 12.1 Å². The zero-order valence-corrected chi connectivity index (χ0v) is 11.7. The third-order valence-corrected chi connectivity index (χ3v) is 2.71. The molecule has 0 aliphatic carbocycles. The molecule has 0 bridgehead atoms. The van der Waals surface area contributed by atoms with Gasteiger partial charge in [-0.25, -0.2) is 4.39 Å². The lowest BCUT2D eigenvalue weighted by molar-refractivity contribution is -0.142. The van der Waals surface area contributed by atoms with E-state index in [2.05, 4.69) is 4.74 Å². The van der Waals surface area contributed by atoms with Crippen molar-refractivity contribution in [2.75, 3.05) is 7.11 Å². The summed E-state index contributed by atoms with van der Waals surface area (Å²) in [5, 5.41) is -0.497. The standard InChI is InChI=1S/C11H10ClF4NO2.ClH/c1-19-8(18)4-7(17)9-5(11(14,15)16)2-3-6(12)10(9)13;/h2-3,7H,4,17H2,1H3;1H/t7-;/m1./s1. The Morgan fingerprint density at radius 3 is 2.45 bits per heavy atom. The topological polar surface area (TPSA) is 52.3 Å². The molecule has 1 aromatic rings. The Bertz CT molecular complexity index is 494. The molecule has 9 heteroatoms. The molecular weight excluding hydrogens is 325 g/mol. The van der Waals surface area contributed by atoms with Gasteiger partial charge in [-0.05, 0) is 12.1 Å². The zero-order valence-electron chi connectivity index (χ0n) is 10.1. The Hall–Kier alpha value is -1.05. The highest BCUT2D eigenvalue weighted by Gasteiger charge is 2.37. The number of alkyl halides is 3. The van der Waals surface area contributed by atoms with Crippen molar-refractivity contribution in [1.29, 1.82) is 0 Å². The van der Waals surface area contributed by atoms with Crippen molar-refractivity contribution in [3.8, 4) is 0 Å². The predicted octanol–water partition coefficient (Wildman–Crippen LogP) is 3.48. The molecule has 1 aromatic carbocycles. The van der Waals surface area contributed by atoms with E-state index >= 15 is 0 Å². The first-order valence-electron chi connectivity index (χ1n) is 5.06. The van der Waals surface area contributed by atoms with Crippen LogP contribution in [0.25, 0.3) is 0 Å². The second kappa shape index (κ2) is 7.10. The van der Waals surface area contributed by atoms with Gasteiger partial charge in [0.2, 0.25) is 0 Å². The van der Waals surface area contributed by atoms with E-state index in [0.29, 0.717) is 6.07 Å². The lowest BCUT2D eigenvalue weighted by Crippen LogP contribution is -2.22. The van der Waals surface area contributed by atoms with Crippen molar-refractivity contribution in [3.05, 3.63) is 34.1 Å². The molecule has 0 saturated carbocycles. The molecule has 1 atom stereocenters. The molecule has 3 nitrogen and oxygen atoms in total. The van der Waals surface area contributed by atoms with E-state index in [-0.39, 0.29) is 12.4 Å². The monoisotopic (exact) mass is 335 g/mol. The largest absolute Gasteiger partial charge is 0.469 e. The molecule has 20 heavy (non-hydrogen) atoms. The van der Waals surface area contributed by atoms with Crippen LogP contribution in [0.3, 0.4) is 0 Å². The molecule has 114 valence electrons. The van der Waals surface area contributed by atoms with Gasteiger partial charge >= 0.3 is 12.1 Å². The fourth-order valence-electron chi connectivity index (χ4n) is 1.54. The number of hydrogen-bond acceptors (Lipinski definition) is 3. The number of nitrogens with two attached hydrogens (primary N) is 1. The summed E-state index contributed by atoms with van der Waals surface area (Å²) in [6.45, 7) is 0. The van der Waals surface area contributed by atoms with Crippen LogP contribution in [0.5, 0.6) is 0 Å². The summed E-state index contributed by atoms with van der Waals surface area (Å²) >= 11 is 5.44. The molecule has 2 N–H and O–H groups in total. The fourth-order valence-corrected chi connectivity index (χ4v) is 1.71. The zero-order chi connectivity index (χ0) is 14.8. The van der Waals surface area contributed by atoms with Gasteiger partial charge in [0.25, 0.3) is 0 Å². The van der Waals surface area contributed by atoms with Gasteiger partial charge in [-0.3, -0.25) is 4.79 Å². The molecule has 0 aromatic heterocycles. The van der Waals surface area contributed by atoms with Crippen LogP contribution >= 0.6 is 24.0 Å². The molecule has 0 radical (unpaired) electrons. The van der Waals surface area contributed by atoms with Crippen molar-refractivity contribution in [2.24, 2.45) is 5.73 Å². The lowest BCUT2D eigenvalue weighted by Gasteiger charge is -2.19. The van der Waals surface area contributed by atoms with Crippen LogP contribution < -0.4 is 5.73 Å². The van der Waals surface area contributed by atoms with Crippen LogP contribution in [0.2, 0.25) is 5.02 Å². The Morgan fingerprint density at radius 1 is 1.45 bits per heavy atom. The van der Waals surface area contributed by atoms with Crippen LogP contribution in [0, 0.1) is 5.82 Å². The van der Waals surface area contributed by atoms with E-state index in [9.17, 15) is 22.4 Å². The molecule has 0 unspecified atom stereocenters. The minimum Gasteiger partial charge on any atom is -0.469 e. The number of ether oxygens (including phenoxy) is 1. The van der Waals surface area contributed by atoms with Crippen molar-refractivity contribution in [2.45, 2.75) is 18.6 Å². The maximum Gasteiger partial charge on any atom is 0.416 e. The number of hydrogen-bond donors (Lipinski definition) is 1. The van der Waals surface area contributed by atoms with Crippen molar-refractivity contribution in [1.82, 2.24) is 0 Å². The number of benzene rings is 1. The average Bonchev–Trinajstić information content (AvgIpc) is 2.30. The van der Waals surface area contributed by atoms with Gasteiger partial charge in [0, 0.05) is 11.6 Å². The quantitative estimate of drug-likeness (QED) is 0.679. The summed E-state index contributed by atoms with van der Waals surface area (Å²) in [5.74, 6) is -2.13. The summed E-state index contributed by atoms with van der Waals surface area (Å²) in [7, 11) is 1.05. The van der Waals surface area contributed by atoms with E-state index in [1.807, 2.05) is 0 Å². The lowest BCUT2D eigenvalue weighted by atomic mass is 9.97. The second-order valence-electron chi connectivity index (χ2n) is 3.71. The SMILES string of the molecule is COC(=O)C[C@@H](N)c1c(C(F)(F)F)ccc(Cl)c1F.Cl. The van der Waals surface area contributed by atoms with Crippen molar-refractivity contribution in [3.63, 3.8) is 0 Å². The molecular formula is C11H11Cl2F4NO2. The maximum atomic E-state index is 13.7. The smallest absolute Gasteiger partial charge is 0.416 e. The van der Waals surface area contributed by atoms with Gasteiger partial charge in [-0.15, -0.1) is 12.4 Å². The Labute approximate surface area is 123 Å². The minimum atomic E-state index is -4.80. The van der Waals surface area contributed by atoms with E-state index in [4.69, 9.17) is 17.3 Å². The number of esters is 1. The molecule has 0 aliphatic heterocycles. The van der Waals surface area contributed by atoms with Crippen LogP contribution in [-0.2, 0) is 15.7 Å². The third kappa shape index (κ3) is 4.22. The highest BCUT2D eigenvalue weighted by Crippen LogP contribution is 2.38. The van der Waals surface area contributed by atoms with E-state index in [1.165, 1.54) is 0 Å². The third-order valence-electron chi connectivity index (χ3n) is 2.42. The summed E-state index contributed by atoms with van der Waals surface area (Å²) < 4.78 is 56.3. The van der Waals surface area contributed by atoms with Crippen LogP contribution in [0.1, 0.15) is 23.6 Å². The van der Waals surface area contributed by atoms with E-state index in [0.717, 1.165) is 13.2 Å². The molecule has 0 fully saturated rings. The molecule has 0 aliphatic rings. The van der Waals surface area contributed by atoms with Gasteiger partial charge in [0.1, 0.15) is 5.82 Å². The molecule has 0 heterocycles. The highest BCUT2D eigenvalue weighted by atomic mass is 35.5. The number of carbonyl (C=O) groups is 1. The van der Waals surface area contributed by atoms with Gasteiger partial charge in [0.15, 0.2) is 0 Å². The highest BCUT2D eigenvalue weighted by molar-refractivity contribution is 6.30. The van der Waals surface area contributed by atoms with E-state index < -0.39 is 46.6 Å². The van der Waals surface area contributed by atoms with Crippen molar-refractivity contribution < 1.29 is 27.1 Å².